The Morgan fingerprint density at radius 2 is 2.08 bits per heavy atom. The van der Waals surface area contributed by atoms with Gasteiger partial charge in [-0.3, -0.25) is 14.6 Å². The summed E-state index contributed by atoms with van der Waals surface area (Å²) >= 11 is 7.40. The summed E-state index contributed by atoms with van der Waals surface area (Å²) in [6, 6.07) is 10.7. The van der Waals surface area contributed by atoms with E-state index < -0.39 is 5.91 Å². The highest BCUT2D eigenvalue weighted by Gasteiger charge is 2.21. The summed E-state index contributed by atoms with van der Waals surface area (Å²) in [4.78, 5) is 34.6. The van der Waals surface area contributed by atoms with E-state index in [0.717, 1.165) is 15.2 Å². The molecule has 2 heterocycles. The third kappa shape index (κ3) is 4.00. The van der Waals surface area contributed by atoms with Gasteiger partial charge in [-0.05, 0) is 31.2 Å². The lowest BCUT2D eigenvalue weighted by molar-refractivity contribution is -0.130. The molecule has 0 radical (unpaired) electrons. The van der Waals surface area contributed by atoms with Gasteiger partial charge < -0.3 is 10.2 Å². The fraction of sp³-hybridized carbons (Fsp3) is 0.222. The van der Waals surface area contributed by atoms with Crippen LogP contribution < -0.4 is 5.32 Å². The molecule has 0 fully saturated rings. The molecule has 0 saturated carbocycles. The molecular weight excluding hydrogens is 372 g/mol. The number of aromatic nitrogens is 2. The molecule has 8 heteroatoms. The van der Waals surface area contributed by atoms with Crippen molar-refractivity contribution in [2.24, 2.45) is 0 Å². The number of fused-ring (bicyclic) bond motifs is 1. The number of pyridine rings is 1. The fourth-order valence-electron chi connectivity index (χ4n) is 2.35. The van der Waals surface area contributed by atoms with Crippen molar-refractivity contribution in [1.29, 1.82) is 0 Å². The molecular formula is C18H17ClN4O2S. The maximum absolute atomic E-state index is 12.4. The van der Waals surface area contributed by atoms with Gasteiger partial charge in [0, 0.05) is 18.3 Å². The summed E-state index contributed by atoms with van der Waals surface area (Å²) in [5.41, 5.74) is 1.09. The van der Waals surface area contributed by atoms with Crippen LogP contribution >= 0.6 is 22.9 Å². The Kier molecular flexibility index (Phi) is 5.49. The molecule has 3 rings (SSSR count). The first-order valence-electron chi connectivity index (χ1n) is 7.96. The molecule has 6 nitrogen and oxygen atoms in total. The molecule has 26 heavy (non-hydrogen) atoms. The van der Waals surface area contributed by atoms with Gasteiger partial charge in [-0.1, -0.05) is 23.7 Å². The minimum Gasteiger partial charge on any atom is -0.342 e. The van der Waals surface area contributed by atoms with Gasteiger partial charge in [0.05, 0.1) is 22.8 Å². The van der Waals surface area contributed by atoms with Gasteiger partial charge in [-0.2, -0.15) is 0 Å². The maximum Gasteiger partial charge on any atom is 0.270 e. The summed E-state index contributed by atoms with van der Waals surface area (Å²) in [7, 11) is 1.70. The van der Waals surface area contributed by atoms with Gasteiger partial charge in [0.25, 0.3) is 5.91 Å². The van der Waals surface area contributed by atoms with Crippen molar-refractivity contribution in [1.82, 2.24) is 20.2 Å². The number of amides is 2. The van der Waals surface area contributed by atoms with E-state index in [1.54, 1.807) is 29.4 Å². The number of nitrogens with zero attached hydrogens (tertiary/aromatic N) is 3. The minimum absolute atomic E-state index is 0.126. The van der Waals surface area contributed by atoms with Crippen LogP contribution in [0, 0.1) is 0 Å². The van der Waals surface area contributed by atoms with Crippen LogP contribution in [0.15, 0.2) is 42.6 Å². The topological polar surface area (TPSA) is 75.2 Å². The zero-order valence-corrected chi connectivity index (χ0v) is 15.8. The van der Waals surface area contributed by atoms with Crippen LogP contribution in [0.4, 0.5) is 0 Å². The third-order valence-corrected chi connectivity index (χ3v) is 5.44. The molecule has 2 aromatic heterocycles. The molecule has 1 atom stereocenters. The van der Waals surface area contributed by atoms with Gasteiger partial charge in [-0.15, -0.1) is 11.3 Å². The van der Waals surface area contributed by atoms with Crippen LogP contribution in [-0.4, -0.2) is 40.3 Å². The van der Waals surface area contributed by atoms with Gasteiger partial charge in [-0.25, -0.2) is 4.98 Å². The quantitative estimate of drug-likeness (QED) is 0.727. The molecule has 2 amide bonds. The van der Waals surface area contributed by atoms with Crippen molar-refractivity contribution in [2.45, 2.75) is 13.0 Å². The van der Waals surface area contributed by atoms with E-state index >= 15 is 0 Å². The van der Waals surface area contributed by atoms with Crippen LogP contribution in [0.25, 0.3) is 10.2 Å². The molecule has 0 bridgehead atoms. The average Bonchev–Trinajstić information content (AvgIpc) is 3.08. The second-order valence-electron chi connectivity index (χ2n) is 5.74. The number of hydrogen-bond acceptors (Lipinski definition) is 5. The van der Waals surface area contributed by atoms with Crippen molar-refractivity contribution in [2.75, 3.05) is 13.6 Å². The predicted octanol–water partition coefficient (Wildman–Crippen LogP) is 3.29. The zero-order valence-electron chi connectivity index (χ0n) is 14.3. The van der Waals surface area contributed by atoms with Crippen LogP contribution in [0.3, 0.4) is 0 Å². The molecule has 0 spiro atoms. The molecule has 0 aliphatic carbocycles. The number of benzene rings is 1. The Morgan fingerprint density at radius 3 is 2.81 bits per heavy atom. The summed E-state index contributed by atoms with van der Waals surface area (Å²) in [6.45, 7) is 1.79. The normalized spacial score (nSPS) is 12.0. The van der Waals surface area contributed by atoms with Crippen molar-refractivity contribution in [3.63, 3.8) is 0 Å². The number of carbonyl (C=O) groups is 2. The highest BCUT2D eigenvalue weighted by atomic mass is 35.5. The number of nitrogens with one attached hydrogen (secondary N) is 1. The standard InChI is InChI=1S/C18H17ClN4O2S/c1-11(18-22-13-5-3-4-6-15(13)26-18)23(2)16(24)10-21-17(25)14-9-12(19)7-8-20-14/h3-9,11H,10H2,1-2H3,(H,21,25)/t11-/m1/s1. The number of thiazole rings is 1. The lowest BCUT2D eigenvalue weighted by Gasteiger charge is -2.23. The van der Waals surface area contributed by atoms with E-state index in [4.69, 9.17) is 11.6 Å². The van der Waals surface area contributed by atoms with E-state index in [1.165, 1.54) is 12.3 Å². The number of para-hydroxylation sites is 1. The zero-order chi connectivity index (χ0) is 18.7. The number of rotatable bonds is 5. The Hall–Kier alpha value is -2.51. The van der Waals surface area contributed by atoms with E-state index in [9.17, 15) is 9.59 Å². The highest BCUT2D eigenvalue weighted by Crippen LogP contribution is 2.28. The number of halogens is 1. The second-order valence-corrected chi connectivity index (χ2v) is 7.24. The number of likely N-dealkylation sites (N-methyl/N-ethyl adjacent to an activating group) is 1. The van der Waals surface area contributed by atoms with Crippen LogP contribution in [0.5, 0.6) is 0 Å². The fourth-order valence-corrected chi connectivity index (χ4v) is 3.57. The van der Waals surface area contributed by atoms with E-state index in [-0.39, 0.29) is 24.2 Å². The van der Waals surface area contributed by atoms with Crippen molar-refractivity contribution < 1.29 is 9.59 Å². The van der Waals surface area contributed by atoms with Crippen molar-refractivity contribution in [3.8, 4) is 0 Å². The maximum atomic E-state index is 12.4. The molecule has 0 aliphatic rings. The molecule has 0 saturated heterocycles. The Bertz CT molecular complexity index is 926. The molecule has 3 aromatic rings. The summed E-state index contributed by atoms with van der Waals surface area (Å²) in [5.74, 6) is -0.658. The number of hydrogen-bond donors (Lipinski definition) is 1. The average molecular weight is 389 g/mol. The Balaban J connectivity index is 1.62. The first-order valence-corrected chi connectivity index (χ1v) is 9.16. The molecule has 0 aliphatic heterocycles. The largest absolute Gasteiger partial charge is 0.342 e. The third-order valence-electron chi connectivity index (χ3n) is 4.00. The monoisotopic (exact) mass is 388 g/mol. The van der Waals surface area contributed by atoms with E-state index in [2.05, 4.69) is 15.3 Å². The predicted molar refractivity (Wildman–Crippen MR) is 102 cm³/mol. The first-order chi connectivity index (χ1) is 12.5. The summed E-state index contributed by atoms with van der Waals surface area (Å²) < 4.78 is 1.08. The van der Waals surface area contributed by atoms with Gasteiger partial charge in [0.2, 0.25) is 5.91 Å². The van der Waals surface area contributed by atoms with Gasteiger partial charge in [0.15, 0.2) is 0 Å². The molecule has 1 N–H and O–H groups in total. The van der Waals surface area contributed by atoms with Crippen LogP contribution in [0.2, 0.25) is 5.02 Å². The summed E-state index contributed by atoms with van der Waals surface area (Å²) in [5, 5.41) is 3.84. The Morgan fingerprint density at radius 1 is 1.31 bits per heavy atom. The Labute approximate surface area is 159 Å². The van der Waals surface area contributed by atoms with E-state index in [0.29, 0.717) is 5.02 Å². The summed E-state index contributed by atoms with van der Waals surface area (Å²) in [6.07, 6.45) is 1.44. The SMILES string of the molecule is C[C@H](c1nc2ccccc2s1)N(C)C(=O)CNC(=O)c1cc(Cl)ccn1. The molecule has 134 valence electrons. The lowest BCUT2D eigenvalue weighted by atomic mass is 10.3. The molecule has 0 unspecified atom stereocenters. The van der Waals surface area contributed by atoms with Crippen LogP contribution in [0.1, 0.15) is 28.5 Å². The molecule has 1 aromatic carbocycles. The van der Waals surface area contributed by atoms with E-state index in [1.807, 2.05) is 31.2 Å². The van der Waals surface area contributed by atoms with Crippen LogP contribution in [-0.2, 0) is 4.79 Å². The van der Waals surface area contributed by atoms with Gasteiger partial charge in [0.1, 0.15) is 10.7 Å². The second kappa shape index (κ2) is 7.80. The highest BCUT2D eigenvalue weighted by molar-refractivity contribution is 7.18. The van der Waals surface area contributed by atoms with Gasteiger partial charge >= 0.3 is 0 Å². The lowest BCUT2D eigenvalue weighted by Crippen LogP contribution is -2.39. The minimum atomic E-state index is -0.443. The smallest absolute Gasteiger partial charge is 0.270 e. The van der Waals surface area contributed by atoms with Crippen molar-refractivity contribution >= 4 is 45.0 Å². The number of carbonyl (C=O) groups excluding carboxylic acids is 2. The first kappa shape index (κ1) is 18.3. The van der Waals surface area contributed by atoms with Crippen molar-refractivity contribution in [3.05, 3.63) is 58.3 Å².